The average molecular weight is 747 g/mol. The summed E-state index contributed by atoms with van der Waals surface area (Å²) in [5, 5.41) is 0. The number of hydrogen-bond donors (Lipinski definition) is 0. The molecule has 10 heteroatoms. The van der Waals surface area contributed by atoms with Crippen molar-refractivity contribution in [1.82, 2.24) is 0 Å². The minimum atomic E-state index is -2.26. The Morgan fingerprint density at radius 2 is 1.50 bits per heavy atom. The van der Waals surface area contributed by atoms with E-state index in [0.717, 1.165) is 44.1 Å². The minimum absolute atomic E-state index is 0.0428. The van der Waals surface area contributed by atoms with Gasteiger partial charge in [0, 0.05) is 33.2 Å². The molecule has 2 saturated heterocycles. The molecular formula is C42H70O9Si. The van der Waals surface area contributed by atoms with Crippen LogP contribution in [0.4, 0.5) is 0 Å². The summed E-state index contributed by atoms with van der Waals surface area (Å²) in [6.07, 6.45) is 9.85. The summed E-state index contributed by atoms with van der Waals surface area (Å²) in [6.45, 7) is 20.0. The Labute approximate surface area is 315 Å². The number of esters is 1. The van der Waals surface area contributed by atoms with Gasteiger partial charge < -0.3 is 32.8 Å². The number of Topliss-reactive ketones (excluding diaryl/α,β-unsaturated/α-hetero) is 1. The fourth-order valence-corrected chi connectivity index (χ4v) is 16.8. The van der Waals surface area contributed by atoms with Gasteiger partial charge in [-0.25, -0.2) is 0 Å². The Balaban J connectivity index is 1.42. The molecule has 0 N–H and O–H groups in total. The Kier molecular flexibility index (Phi) is 14.1. The van der Waals surface area contributed by atoms with Crippen LogP contribution in [0.15, 0.2) is 23.8 Å². The highest BCUT2D eigenvalue weighted by Gasteiger charge is 2.53. The maximum atomic E-state index is 14.9. The predicted molar refractivity (Wildman–Crippen MR) is 204 cm³/mol. The van der Waals surface area contributed by atoms with Crippen LogP contribution in [-0.4, -0.2) is 90.4 Å². The third kappa shape index (κ3) is 8.10. The topological polar surface area (TPSA) is 98.8 Å². The molecule has 0 aromatic carbocycles. The zero-order valence-corrected chi connectivity index (χ0v) is 35.2. The monoisotopic (exact) mass is 746 g/mol. The first kappa shape index (κ1) is 41.8. The predicted octanol–water partition coefficient (Wildman–Crippen LogP) is 8.21. The molecule has 3 aliphatic carbocycles. The van der Waals surface area contributed by atoms with Gasteiger partial charge in [0.25, 0.3) is 0 Å². The van der Waals surface area contributed by atoms with E-state index in [9.17, 15) is 9.59 Å². The standard InChI is InChI=1S/C42H70O9Si/c1-13-29-15-14-16-36(51-52(23(2)3,24(4)5)25(6)7)26(8)38(44)35-21-33-31(34(35)22-37(43)49-29)18-17-28-19-30(20-32(28)33)50-42-41(47-12)40(46-11)39(45-10)27(9)48-42/h17-18,21,23-34,36,39-42H,13-16,19-20,22H2,1-12H3/t26-,27?,28-,29+,30-,31-,32-,33-,34+,36+,39?,40?,41?,42?/m0/s1. The van der Waals surface area contributed by atoms with E-state index in [0.29, 0.717) is 28.5 Å². The summed E-state index contributed by atoms with van der Waals surface area (Å²) in [7, 11) is 2.73. The zero-order valence-electron chi connectivity index (χ0n) is 34.2. The van der Waals surface area contributed by atoms with E-state index in [1.807, 2.05) is 6.92 Å². The maximum Gasteiger partial charge on any atom is 0.306 e. The van der Waals surface area contributed by atoms with Gasteiger partial charge in [0.1, 0.15) is 24.4 Å². The van der Waals surface area contributed by atoms with E-state index in [4.69, 9.17) is 32.8 Å². The second-order valence-electron chi connectivity index (χ2n) is 17.4. The first-order valence-corrected chi connectivity index (χ1v) is 22.6. The minimum Gasteiger partial charge on any atom is -0.462 e. The lowest BCUT2D eigenvalue weighted by molar-refractivity contribution is -0.314. The van der Waals surface area contributed by atoms with Crippen molar-refractivity contribution in [2.45, 2.75) is 173 Å². The van der Waals surface area contributed by atoms with Crippen LogP contribution in [0.5, 0.6) is 0 Å². The van der Waals surface area contributed by atoms with Gasteiger partial charge in [-0.15, -0.1) is 0 Å². The van der Waals surface area contributed by atoms with E-state index in [1.54, 1.807) is 21.3 Å². The van der Waals surface area contributed by atoms with E-state index in [2.05, 4.69) is 73.6 Å². The van der Waals surface area contributed by atoms with E-state index < -0.39 is 20.7 Å². The first-order valence-electron chi connectivity index (χ1n) is 20.4. The van der Waals surface area contributed by atoms with Crippen molar-refractivity contribution in [3.63, 3.8) is 0 Å². The summed E-state index contributed by atoms with van der Waals surface area (Å²) in [5.74, 6) is 0.254. The molecule has 0 bridgehead atoms. The Morgan fingerprint density at radius 1 is 0.846 bits per heavy atom. The molecule has 3 fully saturated rings. The molecule has 5 unspecified atom stereocenters. The summed E-state index contributed by atoms with van der Waals surface area (Å²) in [6, 6.07) is 0. The van der Waals surface area contributed by atoms with Gasteiger partial charge in [-0.1, -0.05) is 73.6 Å². The highest BCUT2D eigenvalue weighted by Crippen LogP contribution is 2.54. The molecule has 14 atom stereocenters. The number of carbonyl (C=O) groups is 2. The number of carbonyl (C=O) groups excluding carboxylic acids is 2. The number of methoxy groups -OCH3 is 3. The molecule has 0 spiro atoms. The van der Waals surface area contributed by atoms with Crippen molar-refractivity contribution in [2.75, 3.05) is 21.3 Å². The normalized spacial score (nSPS) is 40.2. The van der Waals surface area contributed by atoms with Gasteiger partial charge in [-0.2, -0.15) is 0 Å². The molecule has 5 aliphatic rings. The fraction of sp³-hybridized carbons (Fsp3) is 0.857. The van der Waals surface area contributed by atoms with Gasteiger partial charge in [0.05, 0.1) is 24.7 Å². The molecule has 1 saturated carbocycles. The lowest BCUT2D eigenvalue weighted by Crippen LogP contribution is -2.59. The lowest BCUT2D eigenvalue weighted by Gasteiger charge is -2.46. The van der Waals surface area contributed by atoms with Crippen LogP contribution in [0.25, 0.3) is 0 Å². The second-order valence-corrected chi connectivity index (χ2v) is 22.8. The van der Waals surface area contributed by atoms with Crippen LogP contribution in [0.2, 0.25) is 16.6 Å². The van der Waals surface area contributed by atoms with Gasteiger partial charge >= 0.3 is 5.97 Å². The number of rotatable bonds is 11. The number of fused-ring (bicyclic) bond motifs is 5. The summed E-state index contributed by atoms with van der Waals surface area (Å²) < 4.78 is 44.0. The smallest absolute Gasteiger partial charge is 0.306 e. The lowest BCUT2D eigenvalue weighted by atomic mass is 9.70. The molecule has 0 radical (unpaired) electrons. The number of hydrogen-bond acceptors (Lipinski definition) is 9. The quantitative estimate of drug-likeness (QED) is 0.118. The highest BCUT2D eigenvalue weighted by atomic mass is 28.4. The molecule has 0 aromatic heterocycles. The van der Waals surface area contributed by atoms with Crippen LogP contribution < -0.4 is 0 Å². The fourth-order valence-electron chi connectivity index (χ4n) is 11.1. The van der Waals surface area contributed by atoms with E-state index in [1.165, 1.54) is 0 Å². The number of ketones is 1. The summed E-state index contributed by atoms with van der Waals surface area (Å²) in [5.41, 5.74) is 2.07. The largest absolute Gasteiger partial charge is 0.462 e. The number of ether oxygens (including phenoxy) is 6. The van der Waals surface area contributed by atoms with Gasteiger partial charge in [0.15, 0.2) is 12.1 Å². The van der Waals surface area contributed by atoms with Crippen molar-refractivity contribution in [2.24, 2.45) is 35.5 Å². The molecule has 2 heterocycles. The van der Waals surface area contributed by atoms with Crippen LogP contribution in [0, 0.1) is 35.5 Å². The second kappa shape index (κ2) is 17.6. The molecule has 52 heavy (non-hydrogen) atoms. The molecule has 0 amide bonds. The third-order valence-electron chi connectivity index (χ3n) is 13.7. The molecule has 5 rings (SSSR count). The van der Waals surface area contributed by atoms with Gasteiger partial charge in [-0.3, -0.25) is 9.59 Å². The average Bonchev–Trinajstić information content (AvgIpc) is 3.68. The Bertz CT molecular complexity index is 1260. The van der Waals surface area contributed by atoms with Crippen LogP contribution in [-0.2, 0) is 42.4 Å². The summed E-state index contributed by atoms with van der Waals surface area (Å²) >= 11 is 0. The van der Waals surface area contributed by atoms with Crippen molar-refractivity contribution >= 4 is 20.1 Å². The maximum absolute atomic E-state index is 14.9. The van der Waals surface area contributed by atoms with Crippen molar-refractivity contribution in [3.05, 3.63) is 23.8 Å². The first-order chi connectivity index (χ1) is 24.7. The van der Waals surface area contributed by atoms with E-state index >= 15 is 0 Å². The zero-order chi connectivity index (χ0) is 38.1. The van der Waals surface area contributed by atoms with Gasteiger partial charge in [-0.05, 0) is 91.3 Å². The molecule has 296 valence electrons. The summed E-state index contributed by atoms with van der Waals surface area (Å²) in [4.78, 5) is 28.4. The van der Waals surface area contributed by atoms with Crippen LogP contribution in [0.1, 0.15) is 107 Å². The molecule has 9 nitrogen and oxygen atoms in total. The molecule has 0 aromatic rings. The van der Waals surface area contributed by atoms with Crippen molar-refractivity contribution in [3.8, 4) is 0 Å². The van der Waals surface area contributed by atoms with Crippen LogP contribution in [0.3, 0.4) is 0 Å². The van der Waals surface area contributed by atoms with Crippen molar-refractivity contribution in [1.29, 1.82) is 0 Å². The highest BCUT2D eigenvalue weighted by molar-refractivity contribution is 6.77. The number of allylic oxidation sites excluding steroid dienone is 4. The number of cyclic esters (lactones) is 1. The molecular weight excluding hydrogens is 677 g/mol. The van der Waals surface area contributed by atoms with Crippen molar-refractivity contribution < 1.29 is 42.4 Å². The van der Waals surface area contributed by atoms with E-state index in [-0.39, 0.29) is 78.5 Å². The Morgan fingerprint density at radius 3 is 2.10 bits per heavy atom. The SMILES string of the molecule is CC[C@@H]1CCC[C@@H](O[Si](C(C)C)(C(C)C)C(C)C)[C@H](C)C(=O)C2=C[C@H]3[C@H](C=C[C@H]4C[C@H](OC5OC(C)C(OC)C(OC)C5OC)C[C@H]34)[C@H]2CC(=O)O1. The molecule has 2 aliphatic heterocycles. The third-order valence-corrected chi connectivity index (χ3v) is 19.8. The Hall–Kier alpha value is -1.40. The van der Waals surface area contributed by atoms with Gasteiger partial charge in [0.2, 0.25) is 8.32 Å². The van der Waals surface area contributed by atoms with Crippen LogP contribution >= 0.6 is 0 Å².